The molecule has 0 fully saturated rings. The lowest BCUT2D eigenvalue weighted by Gasteiger charge is -2.10. The summed E-state index contributed by atoms with van der Waals surface area (Å²) in [6.07, 6.45) is 9.84. The molecule has 18 heavy (non-hydrogen) atoms. The van der Waals surface area contributed by atoms with E-state index in [1.54, 1.807) is 0 Å². The number of rotatable bonds is 6. The topological polar surface area (TPSA) is 47.7 Å². The maximum absolute atomic E-state index is 4.40. The summed E-state index contributed by atoms with van der Waals surface area (Å²) in [5.74, 6) is 1.09. The Morgan fingerprint density at radius 3 is 2.89 bits per heavy atom. The van der Waals surface area contributed by atoms with Crippen LogP contribution in [0.3, 0.4) is 0 Å². The van der Waals surface area contributed by atoms with Crippen molar-refractivity contribution in [2.24, 2.45) is 7.05 Å². The van der Waals surface area contributed by atoms with Crippen LogP contribution in [0.2, 0.25) is 0 Å². The lowest BCUT2D eigenvalue weighted by molar-refractivity contribution is 0.568. The first-order valence-corrected chi connectivity index (χ1v) is 6.40. The van der Waals surface area contributed by atoms with Gasteiger partial charge in [0.2, 0.25) is 0 Å². The van der Waals surface area contributed by atoms with Gasteiger partial charge in [-0.05, 0) is 13.5 Å². The first-order valence-electron chi connectivity index (χ1n) is 6.40. The van der Waals surface area contributed by atoms with Crippen molar-refractivity contribution >= 4 is 0 Å². The van der Waals surface area contributed by atoms with E-state index >= 15 is 0 Å². The zero-order valence-corrected chi connectivity index (χ0v) is 11.3. The van der Waals surface area contributed by atoms with Crippen LogP contribution in [-0.2, 0) is 20.0 Å². The van der Waals surface area contributed by atoms with Crippen LogP contribution in [0.15, 0.2) is 24.8 Å². The van der Waals surface area contributed by atoms with Crippen LogP contribution in [-0.4, -0.2) is 26.4 Å². The summed E-state index contributed by atoms with van der Waals surface area (Å²) in [6, 6.07) is 0.395. The van der Waals surface area contributed by atoms with Crippen LogP contribution in [0.5, 0.6) is 0 Å². The van der Waals surface area contributed by atoms with Crippen molar-refractivity contribution in [1.82, 2.24) is 24.6 Å². The number of hydrogen-bond acceptors (Lipinski definition) is 3. The first-order chi connectivity index (χ1) is 8.74. The highest BCUT2D eigenvalue weighted by Crippen LogP contribution is 2.14. The molecule has 0 spiro atoms. The van der Waals surface area contributed by atoms with Gasteiger partial charge in [0, 0.05) is 50.2 Å². The molecule has 0 amide bonds. The van der Waals surface area contributed by atoms with E-state index in [-0.39, 0.29) is 0 Å². The minimum atomic E-state index is 0.395. The van der Waals surface area contributed by atoms with E-state index in [4.69, 9.17) is 0 Å². The third kappa shape index (κ3) is 2.79. The van der Waals surface area contributed by atoms with Gasteiger partial charge in [-0.15, -0.1) is 0 Å². The molecule has 0 saturated heterocycles. The summed E-state index contributed by atoms with van der Waals surface area (Å²) < 4.78 is 4.04. The van der Waals surface area contributed by atoms with Gasteiger partial charge in [0.05, 0.1) is 6.20 Å². The van der Waals surface area contributed by atoms with E-state index in [1.807, 2.05) is 41.9 Å². The van der Waals surface area contributed by atoms with Gasteiger partial charge in [0.1, 0.15) is 5.82 Å². The van der Waals surface area contributed by atoms with E-state index in [0.29, 0.717) is 6.04 Å². The monoisotopic (exact) mass is 247 g/mol. The van der Waals surface area contributed by atoms with E-state index in [1.165, 1.54) is 5.56 Å². The molecular weight excluding hydrogens is 226 g/mol. The van der Waals surface area contributed by atoms with Crippen LogP contribution < -0.4 is 5.32 Å². The number of aromatic nitrogens is 4. The molecule has 2 aromatic heterocycles. The zero-order valence-electron chi connectivity index (χ0n) is 11.3. The van der Waals surface area contributed by atoms with Crippen molar-refractivity contribution in [1.29, 1.82) is 0 Å². The molecule has 0 aromatic carbocycles. The number of hydrogen-bond donors (Lipinski definition) is 1. The lowest BCUT2D eigenvalue weighted by atomic mass is 10.1. The first kappa shape index (κ1) is 12.8. The predicted molar refractivity (Wildman–Crippen MR) is 71.2 cm³/mol. The molecule has 0 radical (unpaired) electrons. The fraction of sp³-hybridized carbons (Fsp3) is 0.538. The van der Waals surface area contributed by atoms with Crippen molar-refractivity contribution in [3.05, 3.63) is 36.2 Å². The van der Waals surface area contributed by atoms with Gasteiger partial charge in [0.25, 0.3) is 0 Å². The standard InChI is InChI=1S/C13H21N5/c1-4-12(14-2)11-9-16-18(10-11)7-5-13-15-6-8-17(13)3/h6,8-10,12,14H,4-5,7H2,1-3H3. The Bertz CT molecular complexity index is 481. The normalized spacial score (nSPS) is 12.8. The zero-order chi connectivity index (χ0) is 13.0. The number of nitrogens with one attached hydrogen (secondary N) is 1. The second-order valence-electron chi connectivity index (χ2n) is 4.49. The summed E-state index contributed by atoms with van der Waals surface area (Å²) >= 11 is 0. The number of aryl methyl sites for hydroxylation is 3. The molecule has 2 aromatic rings. The Morgan fingerprint density at radius 1 is 1.44 bits per heavy atom. The van der Waals surface area contributed by atoms with Gasteiger partial charge in [-0.2, -0.15) is 5.10 Å². The largest absolute Gasteiger partial charge is 0.338 e. The van der Waals surface area contributed by atoms with Crippen LogP contribution in [0, 0.1) is 0 Å². The average molecular weight is 247 g/mol. The Hall–Kier alpha value is -1.62. The molecule has 0 aliphatic carbocycles. The Morgan fingerprint density at radius 2 is 2.28 bits per heavy atom. The molecule has 0 bridgehead atoms. The maximum atomic E-state index is 4.40. The smallest absolute Gasteiger partial charge is 0.110 e. The molecule has 98 valence electrons. The van der Waals surface area contributed by atoms with E-state index in [0.717, 1.165) is 25.2 Å². The summed E-state index contributed by atoms with van der Waals surface area (Å²) in [7, 11) is 4.00. The molecule has 2 rings (SSSR count). The second-order valence-corrected chi connectivity index (χ2v) is 4.49. The Kier molecular flexibility index (Phi) is 4.15. The highest BCUT2D eigenvalue weighted by Gasteiger charge is 2.09. The molecule has 5 heteroatoms. The van der Waals surface area contributed by atoms with E-state index in [2.05, 4.69) is 28.5 Å². The molecular formula is C13H21N5. The molecule has 2 heterocycles. The van der Waals surface area contributed by atoms with Gasteiger partial charge in [-0.1, -0.05) is 6.92 Å². The van der Waals surface area contributed by atoms with Gasteiger partial charge in [-0.3, -0.25) is 4.68 Å². The van der Waals surface area contributed by atoms with Gasteiger partial charge in [0.15, 0.2) is 0 Å². The van der Waals surface area contributed by atoms with Crippen LogP contribution in [0.4, 0.5) is 0 Å². The SMILES string of the molecule is CCC(NC)c1cnn(CCc2nccn2C)c1. The highest BCUT2D eigenvalue weighted by atomic mass is 15.3. The van der Waals surface area contributed by atoms with Crippen LogP contribution in [0.1, 0.15) is 30.8 Å². The third-order valence-corrected chi connectivity index (χ3v) is 3.30. The van der Waals surface area contributed by atoms with Crippen molar-refractivity contribution in [2.75, 3.05) is 7.05 Å². The summed E-state index contributed by atoms with van der Waals surface area (Å²) in [6.45, 7) is 3.04. The van der Waals surface area contributed by atoms with Gasteiger partial charge in [-0.25, -0.2) is 4.98 Å². The number of imidazole rings is 1. The minimum absolute atomic E-state index is 0.395. The molecule has 1 atom stereocenters. The third-order valence-electron chi connectivity index (χ3n) is 3.30. The van der Waals surface area contributed by atoms with Gasteiger partial charge >= 0.3 is 0 Å². The van der Waals surface area contributed by atoms with Crippen molar-refractivity contribution in [2.45, 2.75) is 32.4 Å². The number of nitrogens with zero attached hydrogens (tertiary/aromatic N) is 4. The van der Waals surface area contributed by atoms with E-state index in [9.17, 15) is 0 Å². The summed E-state index contributed by atoms with van der Waals surface area (Å²) in [5.41, 5.74) is 1.25. The molecule has 0 saturated carbocycles. The second kappa shape index (κ2) is 5.82. The lowest BCUT2D eigenvalue weighted by Crippen LogP contribution is -2.14. The summed E-state index contributed by atoms with van der Waals surface area (Å²) in [4.78, 5) is 4.31. The fourth-order valence-corrected chi connectivity index (χ4v) is 2.14. The van der Waals surface area contributed by atoms with E-state index < -0.39 is 0 Å². The van der Waals surface area contributed by atoms with Crippen molar-refractivity contribution in [3.8, 4) is 0 Å². The molecule has 5 nitrogen and oxygen atoms in total. The Balaban J connectivity index is 1.97. The molecule has 0 aliphatic heterocycles. The van der Waals surface area contributed by atoms with Crippen LogP contribution >= 0.6 is 0 Å². The van der Waals surface area contributed by atoms with Crippen molar-refractivity contribution in [3.63, 3.8) is 0 Å². The van der Waals surface area contributed by atoms with Gasteiger partial charge < -0.3 is 9.88 Å². The average Bonchev–Trinajstić information content (AvgIpc) is 2.98. The maximum Gasteiger partial charge on any atom is 0.110 e. The highest BCUT2D eigenvalue weighted by molar-refractivity contribution is 5.10. The molecule has 0 aliphatic rings. The fourth-order valence-electron chi connectivity index (χ4n) is 2.14. The minimum Gasteiger partial charge on any atom is -0.338 e. The molecule has 1 N–H and O–H groups in total. The summed E-state index contributed by atoms with van der Waals surface area (Å²) in [5, 5.41) is 7.69. The van der Waals surface area contributed by atoms with Crippen molar-refractivity contribution < 1.29 is 0 Å². The quantitative estimate of drug-likeness (QED) is 0.842. The Labute approximate surface area is 108 Å². The predicted octanol–water partition coefficient (Wildman–Crippen LogP) is 1.53. The molecule has 1 unspecified atom stereocenters. The van der Waals surface area contributed by atoms with Crippen LogP contribution in [0.25, 0.3) is 0 Å².